The highest BCUT2D eigenvalue weighted by Gasteiger charge is 2.29. The third-order valence-corrected chi connectivity index (χ3v) is 3.80. The van der Waals surface area contributed by atoms with Gasteiger partial charge in [0.05, 0.1) is 6.04 Å². The van der Waals surface area contributed by atoms with Gasteiger partial charge in [-0.3, -0.25) is 4.79 Å². The van der Waals surface area contributed by atoms with E-state index in [2.05, 4.69) is 24.1 Å². The minimum atomic E-state index is 0.0738. The molecule has 1 heterocycles. The van der Waals surface area contributed by atoms with Crippen LogP contribution in [0.1, 0.15) is 52.4 Å². The first-order valence-electron chi connectivity index (χ1n) is 7.21. The molecular weight excluding hydrogens is 212 g/mol. The fourth-order valence-electron chi connectivity index (χ4n) is 2.70. The second-order valence-electron chi connectivity index (χ2n) is 5.93. The lowest BCUT2D eigenvalue weighted by Crippen LogP contribution is -2.52. The van der Waals surface area contributed by atoms with E-state index in [1.807, 2.05) is 0 Å². The molecule has 2 aliphatic rings. The Balaban J connectivity index is 1.73. The second kappa shape index (κ2) is 5.85. The van der Waals surface area contributed by atoms with E-state index in [0.29, 0.717) is 11.9 Å². The molecule has 1 aliphatic heterocycles. The Morgan fingerprint density at radius 2 is 2.12 bits per heavy atom. The zero-order chi connectivity index (χ0) is 12.3. The van der Waals surface area contributed by atoms with Crippen molar-refractivity contribution in [3.05, 3.63) is 0 Å². The molecule has 2 fully saturated rings. The highest BCUT2D eigenvalue weighted by atomic mass is 16.2. The van der Waals surface area contributed by atoms with Crippen LogP contribution in [-0.2, 0) is 4.79 Å². The molecule has 0 aromatic carbocycles. The summed E-state index contributed by atoms with van der Waals surface area (Å²) in [6.45, 7) is 6.17. The first-order valence-corrected chi connectivity index (χ1v) is 7.21. The number of rotatable bonds is 6. The summed E-state index contributed by atoms with van der Waals surface area (Å²) in [7, 11) is 0. The molecule has 1 unspecified atom stereocenters. The maximum Gasteiger partial charge on any atom is 0.239 e. The van der Waals surface area contributed by atoms with Crippen LogP contribution in [-0.4, -0.2) is 36.0 Å². The van der Waals surface area contributed by atoms with Crippen LogP contribution in [0.5, 0.6) is 0 Å². The standard InChI is InChI=1S/C14H26N2O/c1-11(2)15-13-6-4-10-16(14(13)17)9-3-5-12-7-8-12/h11-13,15H,3-10H2,1-2H3. The second-order valence-corrected chi connectivity index (χ2v) is 5.93. The third kappa shape index (κ3) is 3.98. The maximum absolute atomic E-state index is 12.2. The van der Waals surface area contributed by atoms with E-state index in [1.165, 1.54) is 25.7 Å². The van der Waals surface area contributed by atoms with Gasteiger partial charge in [0.25, 0.3) is 0 Å². The van der Waals surface area contributed by atoms with Crippen LogP contribution in [0.2, 0.25) is 0 Å². The van der Waals surface area contributed by atoms with Crippen molar-refractivity contribution in [1.82, 2.24) is 10.2 Å². The fraction of sp³-hybridized carbons (Fsp3) is 0.929. The lowest BCUT2D eigenvalue weighted by atomic mass is 10.0. The topological polar surface area (TPSA) is 32.3 Å². The summed E-state index contributed by atoms with van der Waals surface area (Å²) in [5, 5.41) is 3.38. The average molecular weight is 238 g/mol. The van der Waals surface area contributed by atoms with Gasteiger partial charge in [-0.05, 0) is 31.6 Å². The molecule has 1 saturated carbocycles. The first kappa shape index (κ1) is 12.9. The molecule has 98 valence electrons. The number of hydrogen-bond acceptors (Lipinski definition) is 2. The Labute approximate surface area is 105 Å². The molecule has 1 N–H and O–H groups in total. The van der Waals surface area contributed by atoms with Gasteiger partial charge in [0.1, 0.15) is 0 Å². The molecule has 17 heavy (non-hydrogen) atoms. The molecule has 1 amide bonds. The summed E-state index contributed by atoms with van der Waals surface area (Å²) in [4.78, 5) is 14.3. The van der Waals surface area contributed by atoms with Crippen LogP contribution in [0.15, 0.2) is 0 Å². The van der Waals surface area contributed by atoms with Crippen LogP contribution >= 0.6 is 0 Å². The molecule has 1 atom stereocenters. The predicted octanol–water partition coefficient (Wildman–Crippen LogP) is 2.17. The molecule has 0 radical (unpaired) electrons. The number of amides is 1. The quantitative estimate of drug-likeness (QED) is 0.769. The number of hydrogen-bond donors (Lipinski definition) is 1. The molecule has 1 saturated heterocycles. The Morgan fingerprint density at radius 1 is 1.35 bits per heavy atom. The molecular formula is C14H26N2O. The number of carbonyl (C=O) groups is 1. The lowest BCUT2D eigenvalue weighted by Gasteiger charge is -2.33. The summed E-state index contributed by atoms with van der Waals surface area (Å²) in [5.74, 6) is 1.32. The predicted molar refractivity (Wildman–Crippen MR) is 69.8 cm³/mol. The number of piperidine rings is 1. The van der Waals surface area contributed by atoms with Gasteiger partial charge in [0.15, 0.2) is 0 Å². The Morgan fingerprint density at radius 3 is 2.76 bits per heavy atom. The third-order valence-electron chi connectivity index (χ3n) is 3.80. The average Bonchev–Trinajstić information content (AvgIpc) is 3.07. The van der Waals surface area contributed by atoms with E-state index >= 15 is 0 Å². The van der Waals surface area contributed by atoms with Crippen molar-refractivity contribution in [2.45, 2.75) is 64.5 Å². The van der Waals surface area contributed by atoms with Crippen molar-refractivity contribution in [1.29, 1.82) is 0 Å². The van der Waals surface area contributed by atoms with Gasteiger partial charge in [0, 0.05) is 19.1 Å². The van der Waals surface area contributed by atoms with Crippen LogP contribution in [0, 0.1) is 5.92 Å². The minimum absolute atomic E-state index is 0.0738. The largest absolute Gasteiger partial charge is 0.341 e. The summed E-state index contributed by atoms with van der Waals surface area (Å²) in [6.07, 6.45) is 7.53. The van der Waals surface area contributed by atoms with E-state index in [4.69, 9.17) is 0 Å². The van der Waals surface area contributed by atoms with E-state index in [-0.39, 0.29) is 6.04 Å². The van der Waals surface area contributed by atoms with Crippen molar-refractivity contribution in [2.75, 3.05) is 13.1 Å². The number of nitrogens with zero attached hydrogens (tertiary/aromatic N) is 1. The van der Waals surface area contributed by atoms with Crippen LogP contribution in [0.4, 0.5) is 0 Å². The molecule has 1 aliphatic carbocycles. The van der Waals surface area contributed by atoms with Crippen molar-refractivity contribution < 1.29 is 4.79 Å². The monoisotopic (exact) mass is 238 g/mol. The first-order chi connectivity index (χ1) is 8.16. The van der Waals surface area contributed by atoms with E-state index in [9.17, 15) is 4.79 Å². The highest BCUT2D eigenvalue weighted by Crippen LogP contribution is 2.33. The Kier molecular flexibility index (Phi) is 4.43. The zero-order valence-corrected chi connectivity index (χ0v) is 11.2. The Hall–Kier alpha value is -0.570. The van der Waals surface area contributed by atoms with Gasteiger partial charge in [-0.2, -0.15) is 0 Å². The number of carbonyl (C=O) groups excluding carboxylic acids is 1. The SMILES string of the molecule is CC(C)NC1CCCN(CCCC2CC2)C1=O. The molecule has 0 aromatic rings. The van der Waals surface area contributed by atoms with Gasteiger partial charge in [0.2, 0.25) is 5.91 Å². The van der Waals surface area contributed by atoms with Crippen LogP contribution in [0.3, 0.4) is 0 Å². The van der Waals surface area contributed by atoms with E-state index < -0.39 is 0 Å². The summed E-state index contributed by atoms with van der Waals surface area (Å²) >= 11 is 0. The van der Waals surface area contributed by atoms with E-state index in [1.54, 1.807) is 0 Å². The van der Waals surface area contributed by atoms with Crippen LogP contribution < -0.4 is 5.32 Å². The molecule has 2 rings (SSSR count). The van der Waals surface area contributed by atoms with Crippen molar-refractivity contribution in [3.63, 3.8) is 0 Å². The molecule has 3 nitrogen and oxygen atoms in total. The zero-order valence-electron chi connectivity index (χ0n) is 11.2. The van der Waals surface area contributed by atoms with E-state index in [0.717, 1.165) is 31.8 Å². The van der Waals surface area contributed by atoms with Gasteiger partial charge in [-0.15, -0.1) is 0 Å². The molecule has 3 heteroatoms. The van der Waals surface area contributed by atoms with Gasteiger partial charge in [-0.25, -0.2) is 0 Å². The summed E-state index contributed by atoms with van der Waals surface area (Å²) < 4.78 is 0. The molecule has 0 aromatic heterocycles. The summed E-state index contributed by atoms with van der Waals surface area (Å²) in [6, 6.07) is 0.472. The minimum Gasteiger partial charge on any atom is -0.341 e. The normalized spacial score (nSPS) is 25.7. The fourth-order valence-corrected chi connectivity index (χ4v) is 2.70. The maximum atomic E-state index is 12.2. The molecule has 0 spiro atoms. The smallest absolute Gasteiger partial charge is 0.239 e. The van der Waals surface area contributed by atoms with Gasteiger partial charge < -0.3 is 10.2 Å². The number of nitrogens with one attached hydrogen (secondary N) is 1. The van der Waals surface area contributed by atoms with Crippen LogP contribution in [0.25, 0.3) is 0 Å². The Bertz CT molecular complexity index is 261. The van der Waals surface area contributed by atoms with Crippen molar-refractivity contribution in [2.24, 2.45) is 5.92 Å². The molecule has 0 bridgehead atoms. The lowest BCUT2D eigenvalue weighted by molar-refractivity contribution is -0.136. The number of likely N-dealkylation sites (tertiary alicyclic amines) is 1. The highest BCUT2D eigenvalue weighted by molar-refractivity contribution is 5.82. The van der Waals surface area contributed by atoms with Gasteiger partial charge >= 0.3 is 0 Å². The van der Waals surface area contributed by atoms with Crippen molar-refractivity contribution >= 4 is 5.91 Å². The van der Waals surface area contributed by atoms with Crippen molar-refractivity contribution in [3.8, 4) is 0 Å². The summed E-state index contributed by atoms with van der Waals surface area (Å²) in [5.41, 5.74) is 0. The van der Waals surface area contributed by atoms with Gasteiger partial charge in [-0.1, -0.05) is 26.7 Å².